The van der Waals surface area contributed by atoms with Gasteiger partial charge < -0.3 is 10.4 Å². The lowest BCUT2D eigenvalue weighted by atomic mass is 10.0. The Morgan fingerprint density at radius 3 is 2.50 bits per heavy atom. The Morgan fingerprint density at radius 2 is 1.94 bits per heavy atom. The summed E-state index contributed by atoms with van der Waals surface area (Å²) in [6, 6.07) is 9.88. The van der Waals surface area contributed by atoms with Crippen LogP contribution in [0.2, 0.25) is 0 Å². The Labute approximate surface area is 109 Å². The molecule has 100 valence electrons. The third kappa shape index (κ3) is 4.88. The highest BCUT2D eigenvalue weighted by Crippen LogP contribution is 2.09. The Hall–Kier alpha value is -1.35. The Morgan fingerprint density at radius 1 is 1.33 bits per heavy atom. The maximum atomic E-state index is 11.8. The number of aliphatic hydroxyl groups excluding tert-OH is 1. The zero-order valence-corrected chi connectivity index (χ0v) is 11.4. The summed E-state index contributed by atoms with van der Waals surface area (Å²) in [5.74, 6) is -0.280. The molecule has 0 aromatic heterocycles. The molecule has 0 saturated heterocycles. The number of carbonyl (C=O) groups excluding carboxylic acids is 1. The van der Waals surface area contributed by atoms with Gasteiger partial charge in [0.1, 0.15) is 6.10 Å². The smallest absolute Gasteiger partial charge is 0.249 e. The van der Waals surface area contributed by atoms with Crippen molar-refractivity contribution in [3.05, 3.63) is 35.9 Å². The summed E-state index contributed by atoms with van der Waals surface area (Å²) in [6.45, 7) is 5.92. The summed E-state index contributed by atoms with van der Waals surface area (Å²) < 4.78 is 0. The molecule has 0 fully saturated rings. The second kappa shape index (κ2) is 6.55. The van der Waals surface area contributed by atoms with Crippen molar-refractivity contribution < 1.29 is 9.90 Å². The van der Waals surface area contributed by atoms with Crippen LogP contribution >= 0.6 is 0 Å². The minimum atomic E-state index is -0.934. The third-order valence-corrected chi connectivity index (χ3v) is 3.20. The van der Waals surface area contributed by atoms with Crippen molar-refractivity contribution in [1.29, 1.82) is 0 Å². The second-order valence-electron chi connectivity index (χ2n) is 5.27. The Kier molecular flexibility index (Phi) is 5.35. The van der Waals surface area contributed by atoms with E-state index in [2.05, 4.69) is 5.32 Å². The van der Waals surface area contributed by atoms with Crippen LogP contribution in [0.4, 0.5) is 0 Å². The predicted octanol–water partition coefficient (Wildman–Crippen LogP) is 2.28. The van der Waals surface area contributed by atoms with Crippen molar-refractivity contribution in [3.8, 4) is 0 Å². The molecule has 18 heavy (non-hydrogen) atoms. The number of rotatable bonds is 6. The van der Waals surface area contributed by atoms with Gasteiger partial charge in [0, 0.05) is 5.54 Å². The lowest BCUT2D eigenvalue weighted by Crippen LogP contribution is -2.47. The molecule has 0 bridgehead atoms. The van der Waals surface area contributed by atoms with Crippen molar-refractivity contribution in [2.45, 2.75) is 51.7 Å². The van der Waals surface area contributed by atoms with E-state index < -0.39 is 6.10 Å². The number of nitrogens with one attached hydrogen (secondary N) is 1. The SMILES string of the molecule is CCC(C)(C)NC(=O)C(O)CCc1ccccc1. The van der Waals surface area contributed by atoms with E-state index in [1.807, 2.05) is 51.1 Å². The molecule has 1 amide bonds. The molecule has 3 nitrogen and oxygen atoms in total. The van der Waals surface area contributed by atoms with Gasteiger partial charge in [-0.15, -0.1) is 0 Å². The minimum Gasteiger partial charge on any atom is -0.383 e. The van der Waals surface area contributed by atoms with Crippen molar-refractivity contribution >= 4 is 5.91 Å². The van der Waals surface area contributed by atoms with Crippen LogP contribution in [0.25, 0.3) is 0 Å². The number of aryl methyl sites for hydroxylation is 1. The topological polar surface area (TPSA) is 49.3 Å². The van der Waals surface area contributed by atoms with E-state index in [1.165, 1.54) is 0 Å². The molecule has 0 heterocycles. The molecule has 1 rings (SSSR count). The number of aliphatic hydroxyl groups is 1. The molecule has 0 aliphatic rings. The minimum absolute atomic E-state index is 0.259. The van der Waals surface area contributed by atoms with Gasteiger partial charge in [-0.05, 0) is 38.7 Å². The molecule has 0 aliphatic heterocycles. The van der Waals surface area contributed by atoms with Crippen LogP contribution in [0.5, 0.6) is 0 Å². The van der Waals surface area contributed by atoms with Crippen molar-refractivity contribution in [2.75, 3.05) is 0 Å². The summed E-state index contributed by atoms with van der Waals surface area (Å²) in [4.78, 5) is 11.8. The van der Waals surface area contributed by atoms with E-state index in [-0.39, 0.29) is 11.4 Å². The van der Waals surface area contributed by atoms with Gasteiger partial charge in [0.25, 0.3) is 0 Å². The summed E-state index contributed by atoms with van der Waals surface area (Å²) in [5.41, 5.74) is 0.879. The third-order valence-electron chi connectivity index (χ3n) is 3.20. The standard InChI is InChI=1S/C15H23NO2/c1-4-15(2,3)16-14(18)13(17)11-10-12-8-6-5-7-9-12/h5-9,13,17H,4,10-11H2,1-3H3,(H,16,18). The van der Waals surface area contributed by atoms with E-state index in [1.54, 1.807) is 0 Å². The molecule has 0 aliphatic carbocycles. The molecular weight excluding hydrogens is 226 g/mol. The summed E-state index contributed by atoms with van der Waals surface area (Å²) in [5, 5.41) is 12.7. The molecular formula is C15H23NO2. The lowest BCUT2D eigenvalue weighted by molar-refractivity contribution is -0.131. The van der Waals surface area contributed by atoms with E-state index >= 15 is 0 Å². The molecule has 2 N–H and O–H groups in total. The number of amides is 1. The average Bonchev–Trinajstić information content (AvgIpc) is 2.36. The molecule has 1 atom stereocenters. The molecule has 1 aromatic rings. The van der Waals surface area contributed by atoms with Crippen LogP contribution in [0, 0.1) is 0 Å². The van der Waals surface area contributed by atoms with Crippen LogP contribution in [0.15, 0.2) is 30.3 Å². The maximum absolute atomic E-state index is 11.8. The first kappa shape index (κ1) is 14.7. The van der Waals surface area contributed by atoms with Gasteiger partial charge in [0.2, 0.25) is 5.91 Å². The quantitative estimate of drug-likeness (QED) is 0.812. The number of hydrogen-bond acceptors (Lipinski definition) is 2. The van der Waals surface area contributed by atoms with Crippen LogP contribution in [0.1, 0.15) is 39.2 Å². The largest absolute Gasteiger partial charge is 0.383 e. The highest BCUT2D eigenvalue weighted by atomic mass is 16.3. The Bertz CT molecular complexity index is 373. The maximum Gasteiger partial charge on any atom is 0.249 e. The zero-order valence-electron chi connectivity index (χ0n) is 11.4. The summed E-state index contributed by atoms with van der Waals surface area (Å²) in [6.07, 6.45) is 1.07. The van der Waals surface area contributed by atoms with Crippen molar-refractivity contribution in [1.82, 2.24) is 5.32 Å². The van der Waals surface area contributed by atoms with Crippen LogP contribution in [-0.2, 0) is 11.2 Å². The first-order chi connectivity index (χ1) is 8.44. The van der Waals surface area contributed by atoms with Gasteiger partial charge in [-0.25, -0.2) is 0 Å². The lowest BCUT2D eigenvalue weighted by Gasteiger charge is -2.26. The predicted molar refractivity (Wildman–Crippen MR) is 73.3 cm³/mol. The van der Waals surface area contributed by atoms with Crippen LogP contribution in [-0.4, -0.2) is 22.7 Å². The van der Waals surface area contributed by atoms with Gasteiger partial charge in [-0.1, -0.05) is 37.3 Å². The molecule has 0 radical (unpaired) electrons. The first-order valence-corrected chi connectivity index (χ1v) is 6.48. The molecule has 0 saturated carbocycles. The zero-order chi connectivity index (χ0) is 13.6. The van der Waals surface area contributed by atoms with Gasteiger partial charge in [0.15, 0.2) is 0 Å². The van der Waals surface area contributed by atoms with E-state index in [0.717, 1.165) is 12.0 Å². The van der Waals surface area contributed by atoms with Gasteiger partial charge in [0.05, 0.1) is 0 Å². The average molecular weight is 249 g/mol. The number of carbonyl (C=O) groups is 1. The number of hydrogen-bond donors (Lipinski definition) is 2. The monoisotopic (exact) mass is 249 g/mol. The van der Waals surface area contributed by atoms with E-state index in [9.17, 15) is 9.90 Å². The van der Waals surface area contributed by atoms with Crippen molar-refractivity contribution in [3.63, 3.8) is 0 Å². The second-order valence-corrected chi connectivity index (χ2v) is 5.27. The normalized spacial score (nSPS) is 13.1. The molecule has 1 unspecified atom stereocenters. The Balaban J connectivity index is 2.41. The van der Waals surface area contributed by atoms with Crippen LogP contribution in [0.3, 0.4) is 0 Å². The van der Waals surface area contributed by atoms with Gasteiger partial charge >= 0.3 is 0 Å². The number of benzene rings is 1. The van der Waals surface area contributed by atoms with Crippen LogP contribution < -0.4 is 5.32 Å². The first-order valence-electron chi connectivity index (χ1n) is 6.48. The summed E-state index contributed by atoms with van der Waals surface area (Å²) >= 11 is 0. The summed E-state index contributed by atoms with van der Waals surface area (Å²) in [7, 11) is 0. The van der Waals surface area contributed by atoms with E-state index in [0.29, 0.717) is 12.8 Å². The highest BCUT2D eigenvalue weighted by Gasteiger charge is 2.22. The van der Waals surface area contributed by atoms with Gasteiger partial charge in [-0.3, -0.25) is 4.79 Å². The van der Waals surface area contributed by atoms with Gasteiger partial charge in [-0.2, -0.15) is 0 Å². The molecule has 3 heteroatoms. The fourth-order valence-electron chi connectivity index (χ4n) is 1.58. The molecule has 1 aromatic carbocycles. The fraction of sp³-hybridized carbons (Fsp3) is 0.533. The fourth-order valence-corrected chi connectivity index (χ4v) is 1.58. The molecule has 0 spiro atoms. The van der Waals surface area contributed by atoms with E-state index in [4.69, 9.17) is 0 Å². The highest BCUT2D eigenvalue weighted by molar-refractivity contribution is 5.81. The van der Waals surface area contributed by atoms with Crippen molar-refractivity contribution in [2.24, 2.45) is 0 Å².